The predicted octanol–water partition coefficient (Wildman–Crippen LogP) is 2.91. The molecule has 5 heteroatoms. The average molecular weight is 216 g/mol. The molecule has 4 nitrogen and oxygen atoms in total. The van der Waals surface area contributed by atoms with Crippen LogP contribution < -0.4 is 4.89 Å². The van der Waals surface area contributed by atoms with E-state index in [1.54, 1.807) is 12.1 Å². The van der Waals surface area contributed by atoms with Gasteiger partial charge in [0.15, 0.2) is 5.75 Å². The van der Waals surface area contributed by atoms with Crippen molar-refractivity contribution in [2.24, 2.45) is 0 Å². The third-order valence-corrected chi connectivity index (χ3v) is 2.28. The van der Waals surface area contributed by atoms with Gasteiger partial charge in [-0.3, -0.25) is 0 Å². The fourth-order valence-corrected chi connectivity index (χ4v) is 1.33. The highest BCUT2D eigenvalue weighted by Crippen LogP contribution is 2.38. The van der Waals surface area contributed by atoms with Crippen LogP contribution in [0, 0.1) is 0 Å². The maximum Gasteiger partial charge on any atom is 0.375 e. The van der Waals surface area contributed by atoms with Crippen LogP contribution >= 0.6 is 8.60 Å². The summed E-state index contributed by atoms with van der Waals surface area (Å²) in [6.07, 6.45) is 0. The van der Waals surface area contributed by atoms with E-state index in [4.69, 9.17) is 18.6 Å². The van der Waals surface area contributed by atoms with Crippen LogP contribution in [-0.4, -0.2) is 13.7 Å². The van der Waals surface area contributed by atoms with Gasteiger partial charge < -0.3 is 13.9 Å². The zero-order valence-electron chi connectivity index (χ0n) is 8.17. The fraction of sp³-hybridized carbons (Fsp3) is 0.333. The quantitative estimate of drug-likeness (QED) is 0.416. The van der Waals surface area contributed by atoms with Crippen LogP contribution in [0.2, 0.25) is 0 Å². The lowest BCUT2D eigenvalue weighted by Gasteiger charge is -2.11. The van der Waals surface area contributed by atoms with Crippen LogP contribution in [0.25, 0.3) is 0 Å². The van der Waals surface area contributed by atoms with Gasteiger partial charge in [-0.25, -0.2) is 0 Å². The Morgan fingerprint density at radius 2 is 1.93 bits per heavy atom. The van der Waals surface area contributed by atoms with Gasteiger partial charge in [-0.15, -0.1) is 4.67 Å². The van der Waals surface area contributed by atoms with Crippen molar-refractivity contribution in [3.05, 3.63) is 30.3 Å². The SMILES string of the molecule is CCOP(OC)OOc1ccccc1. The van der Waals surface area contributed by atoms with Gasteiger partial charge in [0.05, 0.1) is 6.61 Å². The summed E-state index contributed by atoms with van der Waals surface area (Å²) in [6, 6.07) is 9.18. The van der Waals surface area contributed by atoms with Crippen LogP contribution in [0.1, 0.15) is 6.92 Å². The third-order valence-electron chi connectivity index (χ3n) is 1.32. The first-order valence-electron chi connectivity index (χ1n) is 4.23. The maximum absolute atomic E-state index is 5.11. The first-order valence-corrected chi connectivity index (χ1v) is 5.33. The van der Waals surface area contributed by atoms with Crippen LogP contribution in [-0.2, 0) is 13.7 Å². The molecule has 0 bridgehead atoms. The molecule has 0 N–H and O–H groups in total. The Bertz CT molecular complexity index is 242. The minimum Gasteiger partial charge on any atom is -0.329 e. The first kappa shape index (κ1) is 11.4. The smallest absolute Gasteiger partial charge is 0.329 e. The van der Waals surface area contributed by atoms with Crippen molar-refractivity contribution >= 4 is 8.60 Å². The maximum atomic E-state index is 5.11. The molecule has 0 aliphatic heterocycles. The molecule has 0 aliphatic rings. The van der Waals surface area contributed by atoms with E-state index in [-0.39, 0.29) is 0 Å². The van der Waals surface area contributed by atoms with Crippen molar-refractivity contribution < 1.29 is 18.6 Å². The van der Waals surface area contributed by atoms with Gasteiger partial charge in [0.25, 0.3) is 0 Å². The van der Waals surface area contributed by atoms with Crippen LogP contribution in [0.15, 0.2) is 30.3 Å². The van der Waals surface area contributed by atoms with Crippen molar-refractivity contribution in [3.8, 4) is 5.75 Å². The van der Waals surface area contributed by atoms with E-state index >= 15 is 0 Å². The van der Waals surface area contributed by atoms with E-state index in [0.29, 0.717) is 12.4 Å². The molecule has 0 aromatic heterocycles. The van der Waals surface area contributed by atoms with Crippen molar-refractivity contribution in [2.45, 2.75) is 6.92 Å². The minimum absolute atomic E-state index is 0.525. The summed E-state index contributed by atoms with van der Waals surface area (Å²) in [6.45, 7) is 2.39. The Labute approximate surface area is 84.7 Å². The van der Waals surface area contributed by atoms with E-state index in [1.165, 1.54) is 7.11 Å². The number of rotatable bonds is 6. The molecule has 0 saturated heterocycles. The first-order chi connectivity index (χ1) is 6.86. The Balaban J connectivity index is 2.32. The van der Waals surface area contributed by atoms with Gasteiger partial charge in [0.1, 0.15) is 0 Å². The van der Waals surface area contributed by atoms with Crippen LogP contribution in [0.4, 0.5) is 0 Å². The molecule has 0 fully saturated rings. The topological polar surface area (TPSA) is 36.9 Å². The molecule has 1 rings (SSSR count). The van der Waals surface area contributed by atoms with E-state index in [2.05, 4.69) is 0 Å². The second kappa shape index (κ2) is 6.74. The Hall–Kier alpha value is -0.670. The van der Waals surface area contributed by atoms with E-state index < -0.39 is 8.60 Å². The molecule has 1 aromatic carbocycles. The van der Waals surface area contributed by atoms with Gasteiger partial charge in [-0.2, -0.15) is 0 Å². The summed E-state index contributed by atoms with van der Waals surface area (Å²) in [5.41, 5.74) is 0. The average Bonchev–Trinajstić information content (AvgIpc) is 2.25. The predicted molar refractivity (Wildman–Crippen MR) is 53.7 cm³/mol. The van der Waals surface area contributed by atoms with Gasteiger partial charge in [0, 0.05) is 7.11 Å². The van der Waals surface area contributed by atoms with Crippen molar-refractivity contribution in [1.82, 2.24) is 0 Å². The van der Waals surface area contributed by atoms with E-state index in [0.717, 1.165) is 0 Å². The molecule has 78 valence electrons. The van der Waals surface area contributed by atoms with Crippen molar-refractivity contribution in [2.75, 3.05) is 13.7 Å². The molecule has 0 saturated carbocycles. The zero-order chi connectivity index (χ0) is 10.2. The number of hydrogen-bond acceptors (Lipinski definition) is 4. The summed E-state index contributed by atoms with van der Waals surface area (Å²) < 4.78 is 15.0. The van der Waals surface area contributed by atoms with Crippen molar-refractivity contribution in [1.29, 1.82) is 0 Å². The lowest BCUT2D eigenvalue weighted by atomic mass is 10.3. The summed E-state index contributed by atoms with van der Waals surface area (Å²) in [4.78, 5) is 4.99. The van der Waals surface area contributed by atoms with Gasteiger partial charge in [-0.05, 0) is 19.1 Å². The molecule has 14 heavy (non-hydrogen) atoms. The fourth-order valence-electron chi connectivity index (χ4n) is 0.760. The summed E-state index contributed by atoms with van der Waals surface area (Å²) >= 11 is 0. The third kappa shape index (κ3) is 4.03. The molecule has 0 heterocycles. The van der Waals surface area contributed by atoms with Crippen LogP contribution in [0.5, 0.6) is 5.75 Å². The highest BCUT2D eigenvalue weighted by Gasteiger charge is 2.11. The second-order valence-corrected chi connectivity index (χ2v) is 3.51. The second-order valence-electron chi connectivity index (χ2n) is 2.29. The van der Waals surface area contributed by atoms with Crippen LogP contribution in [0.3, 0.4) is 0 Å². The molecule has 0 radical (unpaired) electrons. The molecule has 1 unspecified atom stereocenters. The number of para-hydroxylation sites is 1. The number of benzene rings is 1. The molecular formula is C9H13O4P. The molecule has 0 aliphatic carbocycles. The molecular weight excluding hydrogens is 203 g/mol. The molecule has 1 aromatic rings. The molecule has 1 atom stereocenters. The minimum atomic E-state index is -1.40. The van der Waals surface area contributed by atoms with Gasteiger partial charge >= 0.3 is 8.60 Å². The van der Waals surface area contributed by atoms with Gasteiger partial charge in [-0.1, -0.05) is 18.2 Å². The van der Waals surface area contributed by atoms with Crippen molar-refractivity contribution in [3.63, 3.8) is 0 Å². The van der Waals surface area contributed by atoms with E-state index in [9.17, 15) is 0 Å². The zero-order valence-corrected chi connectivity index (χ0v) is 9.07. The highest BCUT2D eigenvalue weighted by atomic mass is 31.2. The standard InChI is InChI=1S/C9H13O4P/c1-3-11-14(10-2)13-12-9-7-5-4-6-8-9/h4-8H,3H2,1-2H3. The highest BCUT2D eigenvalue weighted by molar-refractivity contribution is 7.41. The van der Waals surface area contributed by atoms with E-state index in [1.807, 2.05) is 25.1 Å². The summed E-state index contributed by atoms with van der Waals surface area (Å²) in [7, 11) is 0.105. The lowest BCUT2D eigenvalue weighted by Crippen LogP contribution is -1.96. The largest absolute Gasteiger partial charge is 0.375 e. The Morgan fingerprint density at radius 3 is 2.50 bits per heavy atom. The molecule has 0 spiro atoms. The Kier molecular flexibility index (Phi) is 5.49. The monoisotopic (exact) mass is 216 g/mol. The lowest BCUT2D eigenvalue weighted by molar-refractivity contribution is -0.115. The summed E-state index contributed by atoms with van der Waals surface area (Å²) in [5.74, 6) is 0.622. The normalized spacial score (nSPS) is 12.4. The summed E-state index contributed by atoms with van der Waals surface area (Å²) in [5, 5.41) is 0. The Morgan fingerprint density at radius 1 is 1.21 bits per heavy atom. The number of hydrogen-bond donors (Lipinski definition) is 0. The van der Waals surface area contributed by atoms with Gasteiger partial charge in [0.2, 0.25) is 0 Å². The molecule has 0 amide bonds.